The molecule has 5 nitrogen and oxygen atoms in total. The molecular formula is C19H30N2O3. The van der Waals surface area contributed by atoms with Gasteiger partial charge in [0.1, 0.15) is 0 Å². The van der Waals surface area contributed by atoms with Gasteiger partial charge in [-0.1, -0.05) is 26.7 Å². The second-order valence-corrected chi connectivity index (χ2v) is 7.24. The van der Waals surface area contributed by atoms with Gasteiger partial charge in [-0.2, -0.15) is 0 Å². The van der Waals surface area contributed by atoms with Crippen LogP contribution in [0, 0.1) is 25.7 Å². The summed E-state index contributed by atoms with van der Waals surface area (Å²) in [6.07, 6.45) is 3.58. The molecule has 0 unspecified atom stereocenters. The first-order valence-electron chi connectivity index (χ1n) is 8.85. The number of rotatable bonds is 5. The van der Waals surface area contributed by atoms with Gasteiger partial charge in [-0.05, 0) is 44.6 Å². The summed E-state index contributed by atoms with van der Waals surface area (Å²) in [6, 6.07) is 0.0779. The molecule has 2 N–H and O–H groups in total. The van der Waals surface area contributed by atoms with Crippen molar-refractivity contribution < 1.29 is 14.3 Å². The molecule has 0 aromatic carbocycles. The Morgan fingerprint density at radius 3 is 2.54 bits per heavy atom. The molecule has 2 rings (SSSR count). The van der Waals surface area contributed by atoms with Gasteiger partial charge < -0.3 is 15.0 Å². The summed E-state index contributed by atoms with van der Waals surface area (Å²) in [7, 11) is 1.35. The van der Waals surface area contributed by atoms with Gasteiger partial charge in [0.05, 0.1) is 24.4 Å². The van der Waals surface area contributed by atoms with Crippen molar-refractivity contribution in [2.75, 3.05) is 7.11 Å². The quantitative estimate of drug-likeness (QED) is 0.639. The highest BCUT2D eigenvalue weighted by atomic mass is 16.5. The summed E-state index contributed by atoms with van der Waals surface area (Å²) in [4.78, 5) is 27.8. The van der Waals surface area contributed by atoms with E-state index in [-0.39, 0.29) is 11.8 Å². The lowest BCUT2D eigenvalue weighted by atomic mass is 9.77. The fourth-order valence-electron chi connectivity index (χ4n) is 3.84. The summed E-state index contributed by atoms with van der Waals surface area (Å²) in [5.41, 5.74) is 2.31. The Bertz CT molecular complexity index is 620. The molecule has 1 fully saturated rings. The first-order valence-corrected chi connectivity index (χ1v) is 8.85. The Morgan fingerprint density at radius 1 is 1.25 bits per heavy atom. The predicted molar refractivity (Wildman–Crippen MR) is 94.5 cm³/mol. The van der Waals surface area contributed by atoms with Crippen molar-refractivity contribution in [3.8, 4) is 0 Å². The van der Waals surface area contributed by atoms with Gasteiger partial charge in [-0.25, -0.2) is 4.79 Å². The number of nitrogens with one attached hydrogen (secondary N) is 2. The zero-order valence-electron chi connectivity index (χ0n) is 15.7. The molecule has 24 heavy (non-hydrogen) atoms. The van der Waals surface area contributed by atoms with Crippen molar-refractivity contribution >= 4 is 11.8 Å². The van der Waals surface area contributed by atoms with Crippen LogP contribution in [0.4, 0.5) is 0 Å². The Balaban J connectivity index is 2.15. The number of carbonyl (C=O) groups is 2. The molecule has 0 radical (unpaired) electrons. The van der Waals surface area contributed by atoms with Crippen LogP contribution in [0.1, 0.15) is 72.1 Å². The summed E-state index contributed by atoms with van der Waals surface area (Å²) in [5.74, 6) is 0.830. The van der Waals surface area contributed by atoms with E-state index >= 15 is 0 Å². The minimum atomic E-state index is -0.407. The van der Waals surface area contributed by atoms with Crippen LogP contribution in [0.2, 0.25) is 0 Å². The van der Waals surface area contributed by atoms with Gasteiger partial charge in [0.25, 0.3) is 0 Å². The van der Waals surface area contributed by atoms with E-state index in [1.807, 2.05) is 6.92 Å². The van der Waals surface area contributed by atoms with Crippen LogP contribution in [0.5, 0.6) is 0 Å². The molecule has 134 valence electrons. The number of hydrogen-bond donors (Lipinski definition) is 2. The van der Waals surface area contributed by atoms with Crippen molar-refractivity contribution in [3.63, 3.8) is 0 Å². The highest BCUT2D eigenvalue weighted by molar-refractivity contribution is 6.03. The van der Waals surface area contributed by atoms with Crippen molar-refractivity contribution in [1.29, 1.82) is 0 Å². The number of carbonyl (C=O) groups excluding carboxylic acids is 2. The molecule has 1 saturated carbocycles. The number of hydrogen-bond acceptors (Lipinski definition) is 4. The largest absolute Gasteiger partial charge is 0.465 e. The van der Waals surface area contributed by atoms with Crippen LogP contribution in [0.25, 0.3) is 0 Å². The fourth-order valence-corrected chi connectivity index (χ4v) is 3.84. The van der Waals surface area contributed by atoms with Crippen molar-refractivity contribution in [3.05, 3.63) is 22.5 Å². The lowest BCUT2D eigenvalue weighted by Gasteiger charge is -2.36. The maximum Gasteiger partial charge on any atom is 0.339 e. The van der Waals surface area contributed by atoms with Crippen molar-refractivity contribution in [2.45, 2.75) is 66.0 Å². The van der Waals surface area contributed by atoms with E-state index in [4.69, 9.17) is 4.74 Å². The fraction of sp³-hybridized carbons (Fsp3) is 0.684. The molecule has 1 aliphatic carbocycles. The van der Waals surface area contributed by atoms with E-state index < -0.39 is 5.97 Å². The summed E-state index contributed by atoms with van der Waals surface area (Å²) in [5, 5.41) is 3.51. The lowest BCUT2D eigenvalue weighted by molar-refractivity contribution is 0.0599. The number of ketones is 1. The molecule has 1 heterocycles. The number of aromatic nitrogens is 1. The van der Waals surface area contributed by atoms with Gasteiger partial charge >= 0.3 is 5.97 Å². The van der Waals surface area contributed by atoms with Gasteiger partial charge in [-0.3, -0.25) is 4.79 Å². The second-order valence-electron chi connectivity index (χ2n) is 7.24. The van der Waals surface area contributed by atoms with Crippen LogP contribution in [0.3, 0.4) is 0 Å². The van der Waals surface area contributed by atoms with Gasteiger partial charge in [-0.15, -0.1) is 0 Å². The van der Waals surface area contributed by atoms with Gasteiger partial charge in [0, 0.05) is 11.7 Å². The second kappa shape index (κ2) is 7.51. The van der Waals surface area contributed by atoms with Crippen LogP contribution in [-0.4, -0.2) is 35.9 Å². The summed E-state index contributed by atoms with van der Waals surface area (Å²) < 4.78 is 4.81. The molecule has 0 bridgehead atoms. The molecule has 0 amide bonds. The first kappa shape index (κ1) is 18.7. The Hall–Kier alpha value is -1.62. The molecule has 1 aromatic heterocycles. The monoisotopic (exact) mass is 334 g/mol. The van der Waals surface area contributed by atoms with E-state index in [2.05, 4.69) is 24.1 Å². The van der Waals surface area contributed by atoms with Gasteiger partial charge in [0.2, 0.25) is 0 Å². The maximum absolute atomic E-state index is 12.9. The van der Waals surface area contributed by atoms with E-state index in [9.17, 15) is 9.59 Å². The molecule has 1 aromatic rings. The molecule has 4 atom stereocenters. The summed E-state index contributed by atoms with van der Waals surface area (Å²) in [6.45, 7) is 10.0. The Labute approximate surface area is 144 Å². The highest BCUT2D eigenvalue weighted by Crippen LogP contribution is 2.30. The smallest absolute Gasteiger partial charge is 0.339 e. The van der Waals surface area contributed by atoms with Crippen molar-refractivity contribution in [2.24, 2.45) is 11.8 Å². The third-order valence-electron chi connectivity index (χ3n) is 5.64. The Kier molecular flexibility index (Phi) is 5.86. The summed E-state index contributed by atoms with van der Waals surface area (Å²) >= 11 is 0. The maximum atomic E-state index is 12.9. The standard InChI is InChI=1S/C19H30N2O3/c1-10-8-7-9-15(11(10)2)20-14(5)18(22)17-12(3)16(13(4)21-17)19(23)24-6/h10-11,14-15,20-21H,7-9H2,1-6H3/t10-,11-,14-,15-/m0/s1. The third kappa shape index (κ3) is 3.56. The van der Waals surface area contributed by atoms with E-state index in [0.29, 0.717) is 40.4 Å². The molecule has 0 saturated heterocycles. The van der Waals surface area contributed by atoms with Crippen LogP contribution in [-0.2, 0) is 4.74 Å². The number of ether oxygens (including phenoxy) is 1. The lowest BCUT2D eigenvalue weighted by Crippen LogP contribution is -2.47. The third-order valence-corrected chi connectivity index (χ3v) is 5.64. The SMILES string of the molecule is COC(=O)c1c(C)[nH]c(C(=O)[C@H](C)N[C@H]2CCC[C@H](C)[C@@H]2C)c1C. The zero-order valence-corrected chi connectivity index (χ0v) is 15.7. The van der Waals surface area contributed by atoms with Crippen LogP contribution < -0.4 is 5.32 Å². The molecule has 0 spiro atoms. The molecule has 1 aliphatic rings. The number of esters is 1. The highest BCUT2D eigenvalue weighted by Gasteiger charge is 2.31. The number of Topliss-reactive ketones (excluding diaryl/α,β-unsaturated/α-hetero) is 1. The van der Waals surface area contributed by atoms with E-state index in [1.54, 1.807) is 13.8 Å². The first-order chi connectivity index (χ1) is 11.3. The van der Waals surface area contributed by atoms with E-state index in [0.717, 1.165) is 6.42 Å². The van der Waals surface area contributed by atoms with Crippen LogP contribution in [0.15, 0.2) is 0 Å². The molecule has 0 aliphatic heterocycles. The van der Waals surface area contributed by atoms with E-state index in [1.165, 1.54) is 20.0 Å². The molecular weight excluding hydrogens is 304 g/mol. The number of methoxy groups -OCH3 is 1. The average Bonchev–Trinajstić information content (AvgIpc) is 2.85. The average molecular weight is 334 g/mol. The zero-order chi connectivity index (χ0) is 18.0. The topological polar surface area (TPSA) is 71.2 Å². The minimum Gasteiger partial charge on any atom is -0.465 e. The number of H-pyrrole nitrogens is 1. The predicted octanol–water partition coefficient (Wildman–Crippen LogP) is 3.40. The van der Waals surface area contributed by atoms with Crippen LogP contribution >= 0.6 is 0 Å². The van der Waals surface area contributed by atoms with Crippen molar-refractivity contribution in [1.82, 2.24) is 10.3 Å². The normalized spacial score (nSPS) is 25.3. The number of aromatic amines is 1. The molecule has 5 heteroatoms. The van der Waals surface area contributed by atoms with Gasteiger partial charge in [0.15, 0.2) is 5.78 Å². The Morgan fingerprint density at radius 2 is 1.92 bits per heavy atom. The number of aryl methyl sites for hydroxylation is 1. The minimum absolute atomic E-state index is 0.00354.